The van der Waals surface area contributed by atoms with E-state index in [2.05, 4.69) is 17.2 Å². The zero-order valence-electron chi connectivity index (χ0n) is 5.88. The zero-order valence-corrected chi connectivity index (χ0v) is 5.88. The molecule has 0 fully saturated rings. The van der Waals surface area contributed by atoms with Crippen molar-refractivity contribution in [1.29, 1.82) is 0 Å². The molecule has 10 heavy (non-hydrogen) atoms. The molecule has 0 saturated carbocycles. The van der Waals surface area contributed by atoms with E-state index >= 15 is 0 Å². The van der Waals surface area contributed by atoms with Gasteiger partial charge in [0.05, 0.1) is 5.69 Å². The van der Waals surface area contributed by atoms with E-state index in [0.29, 0.717) is 0 Å². The summed E-state index contributed by atoms with van der Waals surface area (Å²) in [6.07, 6.45) is 4.46. The molecule has 0 aliphatic carbocycles. The van der Waals surface area contributed by atoms with E-state index < -0.39 is 0 Å². The summed E-state index contributed by atoms with van der Waals surface area (Å²) in [5, 5.41) is 3.17. The van der Waals surface area contributed by atoms with Gasteiger partial charge in [-0.1, -0.05) is 6.92 Å². The molecule has 1 radical (unpaired) electrons. The number of aromatic nitrogens is 1. The summed E-state index contributed by atoms with van der Waals surface area (Å²) in [4.78, 5) is 3.95. The number of pyridine rings is 1. The smallest absolute Gasteiger partial charge is 0.0526 e. The monoisotopic (exact) mass is 135 g/mol. The van der Waals surface area contributed by atoms with Crippen molar-refractivity contribution in [3.05, 3.63) is 31.5 Å². The van der Waals surface area contributed by atoms with Crippen LogP contribution >= 0.6 is 0 Å². The van der Waals surface area contributed by atoms with Crippen molar-refractivity contribution in [2.45, 2.75) is 6.42 Å². The maximum atomic E-state index is 3.95. The topological polar surface area (TPSA) is 24.9 Å². The molecule has 0 aromatic carbocycles. The molecule has 1 heterocycles. The fraction of sp³-hybridized carbons (Fsp3) is 0.250. The van der Waals surface area contributed by atoms with E-state index in [4.69, 9.17) is 0 Å². The van der Waals surface area contributed by atoms with Crippen LogP contribution in [-0.4, -0.2) is 11.5 Å². The van der Waals surface area contributed by atoms with Crippen molar-refractivity contribution in [2.75, 3.05) is 11.9 Å². The van der Waals surface area contributed by atoms with Crippen LogP contribution in [0, 0.1) is 6.92 Å². The molecule has 0 spiro atoms. The van der Waals surface area contributed by atoms with E-state index in [-0.39, 0.29) is 0 Å². The minimum Gasteiger partial charge on any atom is -0.384 e. The summed E-state index contributed by atoms with van der Waals surface area (Å²) in [6, 6.07) is 3.90. The van der Waals surface area contributed by atoms with E-state index in [0.717, 1.165) is 18.7 Å². The maximum absolute atomic E-state index is 3.95. The quantitative estimate of drug-likeness (QED) is 0.682. The highest BCUT2D eigenvalue weighted by atomic mass is 14.9. The Balaban J connectivity index is 2.43. The summed E-state index contributed by atoms with van der Waals surface area (Å²) in [5.41, 5.74) is 1.06. The van der Waals surface area contributed by atoms with Gasteiger partial charge in [0.15, 0.2) is 0 Å². The Kier molecular flexibility index (Phi) is 2.74. The SMILES string of the molecule is [CH2]CCNc1cccnc1. The first-order valence-electron chi connectivity index (χ1n) is 3.36. The molecule has 0 unspecified atom stereocenters. The van der Waals surface area contributed by atoms with E-state index in [1.54, 1.807) is 12.4 Å². The maximum Gasteiger partial charge on any atom is 0.0526 e. The Hall–Kier alpha value is -1.05. The van der Waals surface area contributed by atoms with Crippen molar-refractivity contribution >= 4 is 5.69 Å². The van der Waals surface area contributed by atoms with Gasteiger partial charge in [0.1, 0.15) is 0 Å². The normalized spacial score (nSPS) is 9.30. The lowest BCUT2D eigenvalue weighted by Crippen LogP contribution is -1.99. The molecule has 53 valence electrons. The van der Waals surface area contributed by atoms with Gasteiger partial charge in [-0.15, -0.1) is 0 Å². The Morgan fingerprint density at radius 3 is 3.10 bits per heavy atom. The second-order valence-corrected chi connectivity index (χ2v) is 2.02. The fourth-order valence-electron chi connectivity index (χ4n) is 0.700. The van der Waals surface area contributed by atoms with Crippen LogP contribution in [0.5, 0.6) is 0 Å². The van der Waals surface area contributed by atoms with Gasteiger partial charge in [-0.3, -0.25) is 4.98 Å². The van der Waals surface area contributed by atoms with Gasteiger partial charge in [-0.2, -0.15) is 0 Å². The number of anilines is 1. The highest BCUT2D eigenvalue weighted by Crippen LogP contribution is 2.01. The van der Waals surface area contributed by atoms with Gasteiger partial charge in [0.2, 0.25) is 0 Å². The minimum absolute atomic E-state index is 0.898. The van der Waals surface area contributed by atoms with Crippen molar-refractivity contribution < 1.29 is 0 Å². The summed E-state index contributed by atoms with van der Waals surface area (Å²) >= 11 is 0. The summed E-state index contributed by atoms with van der Waals surface area (Å²) in [5.74, 6) is 0. The third-order valence-electron chi connectivity index (χ3n) is 1.17. The minimum atomic E-state index is 0.898. The van der Waals surface area contributed by atoms with Crippen LogP contribution in [0.3, 0.4) is 0 Å². The number of rotatable bonds is 3. The number of nitrogens with one attached hydrogen (secondary N) is 1. The average Bonchev–Trinajstić information content (AvgIpc) is 2.03. The molecule has 1 aromatic heterocycles. The first kappa shape index (κ1) is 7.06. The second kappa shape index (κ2) is 3.88. The van der Waals surface area contributed by atoms with Gasteiger partial charge in [-0.05, 0) is 18.6 Å². The van der Waals surface area contributed by atoms with Crippen LogP contribution in [-0.2, 0) is 0 Å². The highest BCUT2D eigenvalue weighted by molar-refractivity contribution is 5.39. The third kappa shape index (κ3) is 2.05. The van der Waals surface area contributed by atoms with Crippen LogP contribution < -0.4 is 5.32 Å². The molecule has 0 bridgehead atoms. The number of hydrogen-bond acceptors (Lipinski definition) is 2. The van der Waals surface area contributed by atoms with Crippen LogP contribution in [0.1, 0.15) is 6.42 Å². The van der Waals surface area contributed by atoms with Crippen LogP contribution in [0.25, 0.3) is 0 Å². The Morgan fingerprint density at radius 2 is 2.50 bits per heavy atom. The van der Waals surface area contributed by atoms with Crippen LogP contribution in [0.2, 0.25) is 0 Å². The third-order valence-corrected chi connectivity index (χ3v) is 1.17. The molecular weight excluding hydrogens is 124 g/mol. The van der Waals surface area contributed by atoms with Crippen molar-refractivity contribution in [2.24, 2.45) is 0 Å². The van der Waals surface area contributed by atoms with Gasteiger partial charge in [0, 0.05) is 18.9 Å². The molecule has 1 rings (SSSR count). The summed E-state index contributed by atoms with van der Waals surface area (Å²) in [6.45, 7) is 4.63. The van der Waals surface area contributed by atoms with E-state index in [9.17, 15) is 0 Å². The lowest BCUT2D eigenvalue weighted by molar-refractivity contribution is 1.06. The largest absolute Gasteiger partial charge is 0.384 e. The predicted molar refractivity (Wildman–Crippen MR) is 42.7 cm³/mol. The van der Waals surface area contributed by atoms with Gasteiger partial charge < -0.3 is 5.32 Å². The fourth-order valence-corrected chi connectivity index (χ4v) is 0.700. The Bertz CT molecular complexity index is 172. The molecule has 0 saturated heterocycles. The predicted octanol–water partition coefficient (Wildman–Crippen LogP) is 1.72. The standard InChI is InChI=1S/C8H11N2/c1-2-5-10-8-4-3-6-9-7-8/h3-4,6-7,10H,1-2,5H2. The molecule has 2 nitrogen and oxygen atoms in total. The molecule has 0 atom stereocenters. The molecular formula is C8H11N2. The van der Waals surface area contributed by atoms with Crippen LogP contribution in [0.15, 0.2) is 24.5 Å². The molecule has 1 N–H and O–H groups in total. The van der Waals surface area contributed by atoms with E-state index in [1.165, 1.54) is 0 Å². The Morgan fingerprint density at radius 1 is 1.60 bits per heavy atom. The number of hydrogen-bond donors (Lipinski definition) is 1. The van der Waals surface area contributed by atoms with Crippen LogP contribution in [0.4, 0.5) is 5.69 Å². The lowest BCUT2D eigenvalue weighted by atomic mass is 10.4. The lowest BCUT2D eigenvalue weighted by Gasteiger charge is -2.01. The molecule has 2 heteroatoms. The van der Waals surface area contributed by atoms with Crippen molar-refractivity contribution in [1.82, 2.24) is 4.98 Å². The van der Waals surface area contributed by atoms with E-state index in [1.807, 2.05) is 12.1 Å². The summed E-state index contributed by atoms with van der Waals surface area (Å²) in [7, 11) is 0. The van der Waals surface area contributed by atoms with Crippen molar-refractivity contribution in [3.63, 3.8) is 0 Å². The number of nitrogens with zero attached hydrogens (tertiary/aromatic N) is 1. The molecule has 0 aliphatic rings. The second-order valence-electron chi connectivity index (χ2n) is 2.02. The van der Waals surface area contributed by atoms with Crippen molar-refractivity contribution in [3.8, 4) is 0 Å². The zero-order chi connectivity index (χ0) is 7.23. The first-order valence-corrected chi connectivity index (χ1v) is 3.36. The molecule has 1 aromatic rings. The van der Waals surface area contributed by atoms with Gasteiger partial charge >= 0.3 is 0 Å². The summed E-state index contributed by atoms with van der Waals surface area (Å²) < 4.78 is 0. The van der Waals surface area contributed by atoms with Gasteiger partial charge in [0.25, 0.3) is 0 Å². The van der Waals surface area contributed by atoms with Gasteiger partial charge in [-0.25, -0.2) is 0 Å². The molecule has 0 aliphatic heterocycles. The Labute approximate surface area is 61.3 Å². The first-order chi connectivity index (χ1) is 4.93. The molecule has 0 amide bonds. The average molecular weight is 135 g/mol. The highest BCUT2D eigenvalue weighted by Gasteiger charge is 1.85.